The van der Waals surface area contributed by atoms with Crippen molar-refractivity contribution < 1.29 is 17.9 Å². The van der Waals surface area contributed by atoms with Gasteiger partial charge in [-0.05, 0) is 43.2 Å². The molecule has 2 N–H and O–H groups in total. The predicted octanol–water partition coefficient (Wildman–Crippen LogP) is 3.24. The number of rotatable bonds is 10. The summed E-state index contributed by atoms with van der Waals surface area (Å²) in [6.07, 6.45) is 0.484. The van der Waals surface area contributed by atoms with Crippen LogP contribution in [0.4, 0.5) is 0 Å². The van der Waals surface area contributed by atoms with Crippen molar-refractivity contribution in [1.29, 1.82) is 0 Å². The number of ether oxygens (including phenoxy) is 2. The van der Waals surface area contributed by atoms with Crippen LogP contribution in [0.2, 0.25) is 0 Å². The van der Waals surface area contributed by atoms with E-state index in [2.05, 4.69) is 15.6 Å². The van der Waals surface area contributed by atoms with Crippen LogP contribution >= 0.6 is 24.0 Å². The van der Waals surface area contributed by atoms with Crippen molar-refractivity contribution >= 4 is 39.8 Å². The molecule has 0 atom stereocenters. The third kappa shape index (κ3) is 8.02. The quantitative estimate of drug-likeness (QED) is 0.206. The van der Waals surface area contributed by atoms with Gasteiger partial charge in [0.15, 0.2) is 27.3 Å². The lowest BCUT2D eigenvalue weighted by Gasteiger charge is -2.12. The highest BCUT2D eigenvalue weighted by Gasteiger charge is 2.13. The molecule has 0 aliphatic rings. The van der Waals surface area contributed by atoms with Crippen LogP contribution in [0.3, 0.4) is 0 Å². The molecule has 0 amide bonds. The van der Waals surface area contributed by atoms with Gasteiger partial charge in [0, 0.05) is 13.1 Å². The summed E-state index contributed by atoms with van der Waals surface area (Å²) in [5.41, 5.74) is 0.978. The largest absolute Gasteiger partial charge is 0.493 e. The summed E-state index contributed by atoms with van der Waals surface area (Å²) in [6.45, 7) is 3.65. The van der Waals surface area contributed by atoms with E-state index in [9.17, 15) is 8.42 Å². The highest BCUT2D eigenvalue weighted by atomic mass is 127. The van der Waals surface area contributed by atoms with Gasteiger partial charge in [0.05, 0.1) is 31.4 Å². The number of hydrogen-bond donors (Lipinski definition) is 2. The maximum Gasteiger partial charge on any atom is 0.191 e. The van der Waals surface area contributed by atoms with Crippen molar-refractivity contribution in [2.75, 3.05) is 33.1 Å². The molecule has 2 rings (SSSR count). The molecule has 7 nitrogen and oxygen atoms in total. The zero-order valence-electron chi connectivity index (χ0n) is 17.6. The fraction of sp³-hybridized carbons (Fsp3) is 0.381. The van der Waals surface area contributed by atoms with Crippen molar-refractivity contribution in [3.63, 3.8) is 0 Å². The highest BCUT2D eigenvalue weighted by molar-refractivity contribution is 14.0. The summed E-state index contributed by atoms with van der Waals surface area (Å²) in [5, 5.41) is 6.35. The molecule has 2 aromatic carbocycles. The first-order valence-electron chi connectivity index (χ1n) is 9.51. The number of benzene rings is 2. The lowest BCUT2D eigenvalue weighted by molar-refractivity contribution is 0.354. The van der Waals surface area contributed by atoms with Crippen molar-refractivity contribution in [3.8, 4) is 11.5 Å². The molecule has 166 valence electrons. The van der Waals surface area contributed by atoms with Gasteiger partial charge in [-0.3, -0.25) is 0 Å². The molecular weight excluding hydrogens is 517 g/mol. The Hall–Kier alpha value is -2.01. The average molecular weight is 547 g/mol. The molecule has 0 heterocycles. The summed E-state index contributed by atoms with van der Waals surface area (Å²) in [7, 11) is -0.0708. The van der Waals surface area contributed by atoms with Crippen LogP contribution < -0.4 is 20.1 Å². The minimum atomic E-state index is -3.27. The van der Waals surface area contributed by atoms with E-state index in [4.69, 9.17) is 9.47 Å². The van der Waals surface area contributed by atoms with E-state index < -0.39 is 9.84 Å². The Morgan fingerprint density at radius 1 is 1.00 bits per heavy atom. The molecular formula is C21H30IN3O4S. The number of nitrogens with one attached hydrogen (secondary N) is 2. The number of sulfone groups is 1. The summed E-state index contributed by atoms with van der Waals surface area (Å²) in [6, 6.07) is 14.2. The fourth-order valence-electron chi connectivity index (χ4n) is 2.71. The SMILES string of the molecule is CCNC(=NCc1ccc(OC)c(OC)c1)NCCCS(=O)(=O)c1ccccc1.I. The Morgan fingerprint density at radius 2 is 1.70 bits per heavy atom. The number of nitrogens with zero attached hydrogens (tertiary/aromatic N) is 1. The first-order chi connectivity index (χ1) is 14.0. The number of hydrogen-bond acceptors (Lipinski definition) is 5. The monoisotopic (exact) mass is 547 g/mol. The van der Waals surface area contributed by atoms with Gasteiger partial charge in [-0.2, -0.15) is 0 Å². The zero-order valence-corrected chi connectivity index (χ0v) is 20.7. The van der Waals surface area contributed by atoms with Crippen molar-refractivity contribution in [2.45, 2.75) is 24.8 Å². The molecule has 0 aromatic heterocycles. The summed E-state index contributed by atoms with van der Waals surface area (Å²) < 4.78 is 35.2. The highest BCUT2D eigenvalue weighted by Crippen LogP contribution is 2.27. The molecule has 0 aliphatic heterocycles. The van der Waals surface area contributed by atoms with Crippen LogP contribution in [-0.4, -0.2) is 47.4 Å². The molecule has 0 saturated carbocycles. The van der Waals surface area contributed by atoms with Gasteiger partial charge in [0.25, 0.3) is 0 Å². The molecule has 30 heavy (non-hydrogen) atoms. The van der Waals surface area contributed by atoms with Gasteiger partial charge in [0.1, 0.15) is 0 Å². The normalized spacial score (nSPS) is 11.4. The maximum absolute atomic E-state index is 12.3. The Morgan fingerprint density at radius 3 is 2.33 bits per heavy atom. The van der Waals surface area contributed by atoms with Crippen LogP contribution in [0.15, 0.2) is 58.4 Å². The van der Waals surface area contributed by atoms with Gasteiger partial charge < -0.3 is 20.1 Å². The van der Waals surface area contributed by atoms with E-state index in [0.717, 1.165) is 5.56 Å². The molecule has 9 heteroatoms. The van der Waals surface area contributed by atoms with E-state index in [1.54, 1.807) is 44.6 Å². The fourth-order valence-corrected chi connectivity index (χ4v) is 4.04. The maximum atomic E-state index is 12.3. The van der Waals surface area contributed by atoms with Crippen LogP contribution in [0.25, 0.3) is 0 Å². The Bertz CT molecular complexity index is 906. The van der Waals surface area contributed by atoms with Crippen LogP contribution in [0, 0.1) is 0 Å². The van der Waals surface area contributed by atoms with Crippen molar-refractivity contribution in [3.05, 3.63) is 54.1 Å². The molecule has 0 fully saturated rings. The number of halogens is 1. The summed E-state index contributed by atoms with van der Waals surface area (Å²) in [5.74, 6) is 2.05. The van der Waals surface area contributed by atoms with Crippen molar-refractivity contribution in [2.24, 2.45) is 4.99 Å². The number of methoxy groups -OCH3 is 2. The molecule has 0 radical (unpaired) electrons. The van der Waals surface area contributed by atoms with E-state index in [-0.39, 0.29) is 29.7 Å². The number of guanidine groups is 1. The van der Waals surface area contributed by atoms with Crippen LogP contribution in [0.1, 0.15) is 18.9 Å². The van der Waals surface area contributed by atoms with Gasteiger partial charge in [-0.1, -0.05) is 24.3 Å². The van der Waals surface area contributed by atoms with E-state index in [0.29, 0.717) is 48.4 Å². The Labute approximate surface area is 196 Å². The standard InChI is InChI=1S/C21H29N3O4S.HI/c1-4-22-21(24-16-17-11-12-19(27-2)20(15-17)28-3)23-13-8-14-29(25,26)18-9-6-5-7-10-18;/h5-7,9-12,15H,4,8,13-14,16H2,1-3H3,(H2,22,23,24);1H. The molecule has 0 aliphatic carbocycles. The van der Waals surface area contributed by atoms with E-state index >= 15 is 0 Å². The van der Waals surface area contributed by atoms with Gasteiger partial charge in [0.2, 0.25) is 0 Å². The molecule has 0 spiro atoms. The second kappa shape index (κ2) is 13.3. The first kappa shape index (κ1) is 26.0. The topological polar surface area (TPSA) is 89.0 Å². The molecule has 0 bridgehead atoms. The second-order valence-corrected chi connectivity index (χ2v) is 8.41. The number of aliphatic imine (C=N–C) groups is 1. The van der Waals surface area contributed by atoms with Crippen LogP contribution in [-0.2, 0) is 16.4 Å². The minimum absolute atomic E-state index is 0. The summed E-state index contributed by atoms with van der Waals surface area (Å²) in [4.78, 5) is 4.91. The third-order valence-corrected chi connectivity index (χ3v) is 6.01. The molecule has 0 saturated heterocycles. The average Bonchev–Trinajstić information content (AvgIpc) is 2.75. The Kier molecular flexibility index (Phi) is 11.6. The third-order valence-electron chi connectivity index (χ3n) is 4.20. The second-order valence-electron chi connectivity index (χ2n) is 6.30. The van der Waals surface area contributed by atoms with Gasteiger partial charge in [-0.25, -0.2) is 13.4 Å². The smallest absolute Gasteiger partial charge is 0.191 e. The molecule has 0 unspecified atom stereocenters. The van der Waals surface area contributed by atoms with E-state index in [1.807, 2.05) is 25.1 Å². The first-order valence-corrected chi connectivity index (χ1v) is 11.2. The van der Waals surface area contributed by atoms with Gasteiger partial charge in [-0.15, -0.1) is 24.0 Å². The minimum Gasteiger partial charge on any atom is -0.493 e. The summed E-state index contributed by atoms with van der Waals surface area (Å²) >= 11 is 0. The van der Waals surface area contributed by atoms with E-state index in [1.165, 1.54) is 0 Å². The zero-order chi connectivity index (χ0) is 21.1. The predicted molar refractivity (Wildman–Crippen MR) is 131 cm³/mol. The molecule has 2 aromatic rings. The Balaban J connectivity index is 0.00000450. The van der Waals surface area contributed by atoms with Crippen molar-refractivity contribution in [1.82, 2.24) is 10.6 Å². The van der Waals surface area contributed by atoms with Gasteiger partial charge >= 0.3 is 0 Å². The lowest BCUT2D eigenvalue weighted by atomic mass is 10.2. The lowest BCUT2D eigenvalue weighted by Crippen LogP contribution is -2.38. The van der Waals surface area contributed by atoms with Crippen LogP contribution in [0.5, 0.6) is 11.5 Å².